The number of piperazine rings is 1. The Bertz CT molecular complexity index is 499. The number of nitrogens with zero attached hydrogens (tertiary/aromatic N) is 1. The molecular weight excluding hydrogens is 352 g/mol. The van der Waals surface area contributed by atoms with Crippen LogP contribution >= 0.6 is 27.5 Å². The molecule has 2 aliphatic rings. The zero-order chi connectivity index (χ0) is 14.8. The van der Waals surface area contributed by atoms with Gasteiger partial charge >= 0.3 is 0 Å². The van der Waals surface area contributed by atoms with E-state index in [9.17, 15) is 5.11 Å². The summed E-state index contributed by atoms with van der Waals surface area (Å²) in [4.78, 5) is 2.52. The quantitative estimate of drug-likeness (QED) is 0.842. The monoisotopic (exact) mass is 372 g/mol. The lowest BCUT2D eigenvalue weighted by Crippen LogP contribution is -2.46. The second-order valence-electron chi connectivity index (χ2n) is 6.10. The molecule has 1 saturated carbocycles. The maximum atomic E-state index is 10.5. The van der Waals surface area contributed by atoms with Gasteiger partial charge in [0.25, 0.3) is 0 Å². The Labute approximate surface area is 139 Å². The van der Waals surface area contributed by atoms with E-state index in [0.29, 0.717) is 10.9 Å². The van der Waals surface area contributed by atoms with Crippen LogP contribution in [0, 0.1) is 5.92 Å². The molecule has 1 aromatic carbocycles. The highest BCUT2D eigenvalue weighted by molar-refractivity contribution is 9.10. The van der Waals surface area contributed by atoms with Crippen LogP contribution in [0.25, 0.3) is 0 Å². The van der Waals surface area contributed by atoms with E-state index in [1.165, 1.54) is 25.7 Å². The fourth-order valence-electron chi connectivity index (χ4n) is 3.79. The Morgan fingerprint density at radius 1 is 1.24 bits per heavy atom. The molecule has 0 bridgehead atoms. The topological polar surface area (TPSA) is 35.5 Å². The zero-order valence-corrected chi connectivity index (χ0v) is 14.5. The van der Waals surface area contributed by atoms with E-state index in [1.54, 1.807) is 6.07 Å². The molecule has 0 unspecified atom stereocenters. The fourth-order valence-corrected chi connectivity index (χ4v) is 4.63. The van der Waals surface area contributed by atoms with Gasteiger partial charge in [-0.15, -0.1) is 0 Å². The van der Waals surface area contributed by atoms with Gasteiger partial charge in [0.2, 0.25) is 0 Å². The van der Waals surface area contributed by atoms with Crippen molar-refractivity contribution in [3.63, 3.8) is 0 Å². The lowest BCUT2D eigenvalue weighted by molar-refractivity contribution is 0.123. The maximum absolute atomic E-state index is 10.5. The van der Waals surface area contributed by atoms with E-state index in [1.807, 2.05) is 6.07 Å². The lowest BCUT2D eigenvalue weighted by atomic mass is 9.89. The van der Waals surface area contributed by atoms with Crippen LogP contribution in [-0.4, -0.2) is 36.2 Å². The Balaban J connectivity index is 1.97. The van der Waals surface area contributed by atoms with Crippen molar-refractivity contribution in [1.82, 2.24) is 10.2 Å². The van der Waals surface area contributed by atoms with Crippen molar-refractivity contribution in [2.75, 3.05) is 26.2 Å². The van der Waals surface area contributed by atoms with E-state index in [2.05, 4.69) is 26.1 Å². The average molecular weight is 374 g/mol. The number of phenolic OH excluding ortho intramolecular Hbond substituents is 1. The molecule has 0 aromatic heterocycles. The first-order valence-corrected chi connectivity index (χ1v) is 8.96. The minimum atomic E-state index is 0.260. The number of nitrogens with one attached hydrogen (secondary N) is 1. The van der Waals surface area contributed by atoms with E-state index < -0.39 is 0 Å². The Morgan fingerprint density at radius 2 is 1.90 bits per heavy atom. The molecule has 1 aromatic rings. The molecule has 1 atom stereocenters. The molecule has 0 radical (unpaired) electrons. The summed E-state index contributed by atoms with van der Waals surface area (Å²) >= 11 is 9.72. The summed E-state index contributed by atoms with van der Waals surface area (Å²) in [5, 5.41) is 14.3. The molecule has 0 amide bonds. The Morgan fingerprint density at radius 3 is 2.57 bits per heavy atom. The Hall–Kier alpha value is -0.290. The SMILES string of the molecule is Oc1c(Cl)cc(Br)cc1[C@@H](C1CCCC1)N1CCNCC1. The fraction of sp³-hybridized carbons (Fsp3) is 0.625. The molecule has 1 heterocycles. The van der Waals surface area contributed by atoms with Crippen LogP contribution in [0.1, 0.15) is 37.3 Å². The summed E-state index contributed by atoms with van der Waals surface area (Å²) in [5.74, 6) is 0.884. The number of halogens is 2. The number of rotatable bonds is 3. The van der Waals surface area contributed by atoms with Gasteiger partial charge in [-0.05, 0) is 30.9 Å². The molecule has 3 rings (SSSR count). The van der Waals surface area contributed by atoms with Crippen LogP contribution in [0.4, 0.5) is 0 Å². The molecule has 2 N–H and O–H groups in total. The van der Waals surface area contributed by atoms with Crippen molar-refractivity contribution in [3.05, 3.63) is 27.2 Å². The number of phenols is 1. The molecule has 21 heavy (non-hydrogen) atoms. The second kappa shape index (κ2) is 6.86. The maximum Gasteiger partial charge on any atom is 0.139 e. The molecule has 3 nitrogen and oxygen atoms in total. The van der Waals surface area contributed by atoms with Gasteiger partial charge in [0.15, 0.2) is 0 Å². The number of aromatic hydroxyl groups is 1. The summed E-state index contributed by atoms with van der Waals surface area (Å²) < 4.78 is 0.943. The summed E-state index contributed by atoms with van der Waals surface area (Å²) in [6, 6.07) is 4.10. The van der Waals surface area contributed by atoms with Gasteiger partial charge in [0.05, 0.1) is 5.02 Å². The third-order valence-electron chi connectivity index (χ3n) is 4.77. The minimum Gasteiger partial charge on any atom is -0.506 e. The highest BCUT2D eigenvalue weighted by atomic mass is 79.9. The Kier molecular flexibility index (Phi) is 5.10. The van der Waals surface area contributed by atoms with Gasteiger partial charge in [0, 0.05) is 42.3 Å². The largest absolute Gasteiger partial charge is 0.506 e. The molecule has 2 fully saturated rings. The van der Waals surface area contributed by atoms with Gasteiger partial charge < -0.3 is 10.4 Å². The molecule has 1 aliphatic heterocycles. The van der Waals surface area contributed by atoms with Crippen LogP contribution in [0.3, 0.4) is 0 Å². The van der Waals surface area contributed by atoms with E-state index in [0.717, 1.165) is 36.2 Å². The van der Waals surface area contributed by atoms with E-state index in [-0.39, 0.29) is 11.8 Å². The summed E-state index contributed by atoms with van der Waals surface area (Å²) in [6.45, 7) is 4.10. The highest BCUT2D eigenvalue weighted by Gasteiger charge is 2.34. The molecule has 5 heteroatoms. The number of benzene rings is 1. The normalized spacial score (nSPS) is 22.6. The van der Waals surface area contributed by atoms with Gasteiger partial charge in [-0.2, -0.15) is 0 Å². The van der Waals surface area contributed by atoms with Gasteiger partial charge in [-0.1, -0.05) is 40.4 Å². The van der Waals surface area contributed by atoms with Gasteiger partial charge in [0.1, 0.15) is 5.75 Å². The van der Waals surface area contributed by atoms with Crippen LogP contribution in [0.5, 0.6) is 5.75 Å². The van der Waals surface area contributed by atoms with Crippen molar-refractivity contribution in [2.24, 2.45) is 5.92 Å². The van der Waals surface area contributed by atoms with E-state index in [4.69, 9.17) is 11.6 Å². The average Bonchev–Trinajstić information content (AvgIpc) is 2.99. The number of hydrogen-bond acceptors (Lipinski definition) is 3. The zero-order valence-electron chi connectivity index (χ0n) is 12.1. The van der Waals surface area contributed by atoms with Crippen molar-refractivity contribution in [2.45, 2.75) is 31.7 Å². The minimum absolute atomic E-state index is 0.260. The van der Waals surface area contributed by atoms with Crippen molar-refractivity contribution < 1.29 is 5.11 Å². The van der Waals surface area contributed by atoms with Crippen LogP contribution in [-0.2, 0) is 0 Å². The van der Waals surface area contributed by atoms with Crippen molar-refractivity contribution >= 4 is 27.5 Å². The molecule has 116 valence electrons. The smallest absolute Gasteiger partial charge is 0.139 e. The first-order valence-electron chi connectivity index (χ1n) is 7.79. The highest BCUT2D eigenvalue weighted by Crippen LogP contribution is 2.45. The molecule has 0 spiro atoms. The standard InChI is InChI=1S/C16H22BrClN2O/c17-12-9-13(16(21)14(18)10-12)15(11-3-1-2-4-11)20-7-5-19-6-8-20/h9-11,15,19,21H,1-8H2/t15-/m1/s1. The first-order chi connectivity index (χ1) is 10.2. The third kappa shape index (κ3) is 3.39. The molecule has 1 saturated heterocycles. The predicted molar refractivity (Wildman–Crippen MR) is 90.0 cm³/mol. The second-order valence-corrected chi connectivity index (χ2v) is 7.42. The third-order valence-corrected chi connectivity index (χ3v) is 5.51. The van der Waals surface area contributed by atoms with Crippen LogP contribution in [0.2, 0.25) is 5.02 Å². The van der Waals surface area contributed by atoms with Crippen molar-refractivity contribution in [3.8, 4) is 5.75 Å². The van der Waals surface area contributed by atoms with Crippen LogP contribution < -0.4 is 5.32 Å². The van der Waals surface area contributed by atoms with Crippen LogP contribution in [0.15, 0.2) is 16.6 Å². The predicted octanol–water partition coefficient (Wildman–Crippen LogP) is 3.94. The summed E-state index contributed by atoms with van der Waals surface area (Å²) in [7, 11) is 0. The first kappa shape index (κ1) is 15.6. The van der Waals surface area contributed by atoms with Gasteiger partial charge in [-0.3, -0.25) is 4.90 Å². The molecule has 1 aliphatic carbocycles. The van der Waals surface area contributed by atoms with Crippen molar-refractivity contribution in [1.29, 1.82) is 0 Å². The molecular formula is C16H22BrClN2O. The summed E-state index contributed by atoms with van der Waals surface area (Å²) in [5.41, 5.74) is 0.989. The summed E-state index contributed by atoms with van der Waals surface area (Å²) in [6.07, 6.45) is 5.10. The number of hydrogen-bond donors (Lipinski definition) is 2. The van der Waals surface area contributed by atoms with Gasteiger partial charge in [-0.25, -0.2) is 0 Å². The van der Waals surface area contributed by atoms with E-state index >= 15 is 0 Å². The lowest BCUT2D eigenvalue weighted by Gasteiger charge is -2.39.